The summed E-state index contributed by atoms with van der Waals surface area (Å²) in [4.78, 5) is 28.6. The Balaban J connectivity index is 1.25. The number of hydrogen-bond donors (Lipinski definition) is 1. The van der Waals surface area contributed by atoms with Crippen molar-refractivity contribution in [2.45, 2.75) is 19.4 Å². The van der Waals surface area contributed by atoms with Crippen molar-refractivity contribution in [3.8, 4) is 0 Å². The van der Waals surface area contributed by atoms with Crippen LogP contribution in [-0.4, -0.2) is 16.9 Å². The minimum absolute atomic E-state index is 0.146. The highest BCUT2D eigenvalue weighted by molar-refractivity contribution is 6.04. The summed E-state index contributed by atoms with van der Waals surface area (Å²) in [6.07, 6.45) is 0.566. The van der Waals surface area contributed by atoms with Crippen LogP contribution in [0.2, 0.25) is 0 Å². The molecule has 30 heavy (non-hydrogen) atoms. The Morgan fingerprint density at radius 2 is 1.63 bits per heavy atom. The van der Waals surface area contributed by atoms with Crippen LogP contribution < -0.4 is 5.32 Å². The first-order valence-electron chi connectivity index (χ1n) is 9.63. The van der Waals surface area contributed by atoms with E-state index in [1.54, 1.807) is 24.3 Å². The number of anilines is 1. The van der Waals surface area contributed by atoms with Crippen LogP contribution in [-0.2, 0) is 22.6 Å². The molecule has 0 saturated carbocycles. The van der Waals surface area contributed by atoms with Gasteiger partial charge in [0.2, 0.25) is 0 Å². The molecule has 1 amide bonds. The number of aryl methyl sites for hydroxylation is 1. The fraction of sp³-hybridized carbons (Fsp3) is 0.125. The lowest BCUT2D eigenvalue weighted by Crippen LogP contribution is -2.12. The first-order chi connectivity index (χ1) is 14.7. The van der Waals surface area contributed by atoms with E-state index >= 15 is 0 Å². The predicted octanol–water partition coefficient (Wildman–Crippen LogP) is 4.76. The van der Waals surface area contributed by atoms with Crippen LogP contribution in [0.25, 0.3) is 11.1 Å². The third-order valence-electron chi connectivity index (χ3n) is 4.53. The van der Waals surface area contributed by atoms with Gasteiger partial charge >= 0.3 is 5.97 Å². The number of para-hydroxylation sites is 3. The van der Waals surface area contributed by atoms with E-state index < -0.39 is 0 Å². The van der Waals surface area contributed by atoms with Crippen molar-refractivity contribution in [2.75, 3.05) is 5.32 Å². The van der Waals surface area contributed by atoms with Gasteiger partial charge in [0.25, 0.3) is 5.91 Å². The fourth-order valence-electron chi connectivity index (χ4n) is 2.95. The minimum atomic E-state index is -0.330. The summed E-state index contributed by atoms with van der Waals surface area (Å²) in [7, 11) is 0. The molecule has 0 spiro atoms. The van der Waals surface area contributed by atoms with Gasteiger partial charge in [0.15, 0.2) is 11.5 Å². The van der Waals surface area contributed by atoms with Crippen molar-refractivity contribution in [1.29, 1.82) is 0 Å². The van der Waals surface area contributed by atoms with E-state index in [0.717, 1.165) is 16.8 Å². The molecule has 4 aromatic rings. The first-order valence-corrected chi connectivity index (χ1v) is 9.63. The number of amides is 1. The van der Waals surface area contributed by atoms with Crippen LogP contribution in [0.3, 0.4) is 0 Å². The van der Waals surface area contributed by atoms with Crippen molar-refractivity contribution in [3.63, 3.8) is 0 Å². The van der Waals surface area contributed by atoms with Crippen LogP contribution in [0.15, 0.2) is 83.3 Å². The second-order valence-corrected chi connectivity index (χ2v) is 6.75. The van der Waals surface area contributed by atoms with Gasteiger partial charge in [-0.1, -0.05) is 42.5 Å². The Hall–Kier alpha value is -3.93. The molecule has 0 aliphatic heterocycles. The van der Waals surface area contributed by atoms with Gasteiger partial charge in [-0.05, 0) is 42.0 Å². The molecule has 0 unspecified atom stereocenters. The zero-order chi connectivity index (χ0) is 20.8. The van der Waals surface area contributed by atoms with Crippen molar-refractivity contribution < 1.29 is 18.7 Å². The van der Waals surface area contributed by atoms with Gasteiger partial charge in [-0.15, -0.1) is 0 Å². The van der Waals surface area contributed by atoms with E-state index in [4.69, 9.17) is 9.15 Å². The molecule has 6 heteroatoms. The van der Waals surface area contributed by atoms with Crippen LogP contribution in [0.5, 0.6) is 0 Å². The number of esters is 1. The smallest absolute Gasteiger partial charge is 0.306 e. The number of hydrogen-bond acceptors (Lipinski definition) is 5. The average Bonchev–Trinajstić information content (AvgIpc) is 3.20. The van der Waals surface area contributed by atoms with Crippen molar-refractivity contribution in [2.24, 2.45) is 0 Å². The maximum atomic E-state index is 12.3. The largest absolute Gasteiger partial charge is 0.461 e. The molecule has 0 aliphatic rings. The second-order valence-electron chi connectivity index (χ2n) is 6.75. The molecule has 0 radical (unpaired) electrons. The molecule has 0 bridgehead atoms. The van der Waals surface area contributed by atoms with Gasteiger partial charge in [-0.3, -0.25) is 9.59 Å². The highest BCUT2D eigenvalue weighted by atomic mass is 16.5. The maximum Gasteiger partial charge on any atom is 0.306 e. The van der Waals surface area contributed by atoms with Gasteiger partial charge in [0, 0.05) is 17.7 Å². The molecular weight excluding hydrogens is 380 g/mol. The molecular formula is C24H20N2O4. The van der Waals surface area contributed by atoms with E-state index in [1.165, 1.54) is 0 Å². The molecule has 1 N–H and O–H groups in total. The number of nitrogens with one attached hydrogen (secondary N) is 1. The zero-order valence-electron chi connectivity index (χ0n) is 16.2. The fourth-order valence-corrected chi connectivity index (χ4v) is 2.95. The molecule has 0 fully saturated rings. The van der Waals surface area contributed by atoms with Gasteiger partial charge in [-0.25, -0.2) is 4.98 Å². The van der Waals surface area contributed by atoms with Crippen LogP contribution in [0.1, 0.15) is 28.2 Å². The quantitative estimate of drug-likeness (QED) is 0.453. The Labute approximate surface area is 173 Å². The number of fused-ring (bicyclic) bond motifs is 1. The Morgan fingerprint density at radius 1 is 0.900 bits per heavy atom. The highest BCUT2D eigenvalue weighted by Crippen LogP contribution is 2.16. The van der Waals surface area contributed by atoms with Gasteiger partial charge in [0.05, 0.1) is 6.42 Å². The molecule has 1 heterocycles. The second kappa shape index (κ2) is 9.05. The summed E-state index contributed by atoms with van der Waals surface area (Å²) in [5.74, 6) is -0.00633. The molecule has 6 nitrogen and oxygen atoms in total. The number of carbonyl (C=O) groups excluding carboxylic acids is 2. The maximum absolute atomic E-state index is 12.3. The number of nitrogens with zero attached hydrogens (tertiary/aromatic N) is 1. The van der Waals surface area contributed by atoms with Crippen LogP contribution in [0.4, 0.5) is 5.69 Å². The van der Waals surface area contributed by atoms with E-state index in [-0.39, 0.29) is 24.9 Å². The predicted molar refractivity (Wildman–Crippen MR) is 113 cm³/mol. The lowest BCUT2D eigenvalue weighted by atomic mass is 10.1. The summed E-state index contributed by atoms with van der Waals surface area (Å²) in [6, 6.07) is 23.7. The molecule has 0 aliphatic carbocycles. The number of ether oxygens (including phenoxy) is 1. The van der Waals surface area contributed by atoms with Gasteiger partial charge < -0.3 is 14.5 Å². The lowest BCUT2D eigenvalue weighted by Gasteiger charge is -2.07. The molecule has 150 valence electrons. The van der Waals surface area contributed by atoms with Crippen LogP contribution >= 0.6 is 0 Å². The SMILES string of the molecule is O=C(CCc1nc2ccccc2o1)OCc1ccc(C(=O)Nc2ccccc2)cc1. The van der Waals surface area contributed by atoms with Gasteiger partial charge in [-0.2, -0.15) is 0 Å². The summed E-state index contributed by atoms with van der Waals surface area (Å²) < 4.78 is 10.9. The number of carbonyl (C=O) groups is 2. The Kier molecular flexibility index (Phi) is 5.85. The summed E-state index contributed by atoms with van der Waals surface area (Å²) in [5, 5.41) is 2.83. The lowest BCUT2D eigenvalue weighted by molar-refractivity contribution is -0.145. The van der Waals surface area contributed by atoms with E-state index in [1.807, 2.05) is 54.6 Å². The minimum Gasteiger partial charge on any atom is -0.461 e. The number of aromatic nitrogens is 1. The van der Waals surface area contributed by atoms with Crippen LogP contribution in [0, 0.1) is 0 Å². The van der Waals surface area contributed by atoms with Crippen molar-refractivity contribution in [3.05, 3.63) is 95.9 Å². The average molecular weight is 400 g/mol. The Bertz CT molecular complexity index is 1120. The van der Waals surface area contributed by atoms with Crippen molar-refractivity contribution in [1.82, 2.24) is 4.98 Å². The standard InChI is InChI=1S/C24H20N2O4/c27-23(15-14-22-26-20-8-4-5-9-21(20)30-22)29-16-17-10-12-18(13-11-17)24(28)25-19-6-2-1-3-7-19/h1-13H,14-16H2,(H,25,28). The van der Waals surface area contributed by atoms with Gasteiger partial charge in [0.1, 0.15) is 12.1 Å². The molecule has 3 aromatic carbocycles. The molecule has 0 saturated heterocycles. The van der Waals surface area contributed by atoms with Crippen molar-refractivity contribution >= 4 is 28.7 Å². The molecule has 0 atom stereocenters. The number of benzene rings is 3. The molecule has 1 aromatic heterocycles. The number of rotatable bonds is 7. The third-order valence-corrected chi connectivity index (χ3v) is 4.53. The normalized spacial score (nSPS) is 10.7. The first kappa shape index (κ1) is 19.4. The third kappa shape index (κ3) is 4.91. The van der Waals surface area contributed by atoms with E-state index in [0.29, 0.717) is 23.5 Å². The monoisotopic (exact) mass is 400 g/mol. The van der Waals surface area contributed by atoms with E-state index in [9.17, 15) is 9.59 Å². The number of oxazole rings is 1. The summed E-state index contributed by atoms with van der Waals surface area (Å²) in [5.41, 5.74) is 3.56. The Morgan fingerprint density at radius 3 is 2.40 bits per heavy atom. The highest BCUT2D eigenvalue weighted by Gasteiger charge is 2.10. The zero-order valence-corrected chi connectivity index (χ0v) is 16.2. The van der Waals surface area contributed by atoms with E-state index in [2.05, 4.69) is 10.3 Å². The summed E-state index contributed by atoms with van der Waals surface area (Å²) in [6.45, 7) is 0.146. The molecule has 4 rings (SSSR count). The topological polar surface area (TPSA) is 81.4 Å². The summed E-state index contributed by atoms with van der Waals surface area (Å²) >= 11 is 0.